The van der Waals surface area contributed by atoms with E-state index in [1.165, 1.54) is 6.07 Å². The van der Waals surface area contributed by atoms with Crippen molar-refractivity contribution in [3.63, 3.8) is 0 Å². The molecule has 1 aliphatic rings. The van der Waals surface area contributed by atoms with Gasteiger partial charge in [0.15, 0.2) is 11.6 Å². The van der Waals surface area contributed by atoms with Crippen molar-refractivity contribution < 1.29 is 18.7 Å². The summed E-state index contributed by atoms with van der Waals surface area (Å²) in [4.78, 5) is 14.1. The molecule has 1 unspecified atom stereocenters. The summed E-state index contributed by atoms with van der Waals surface area (Å²) in [6.45, 7) is 4.60. The minimum atomic E-state index is -0.950. The van der Waals surface area contributed by atoms with Gasteiger partial charge in [0.1, 0.15) is 0 Å². The first-order valence-electron chi connectivity index (χ1n) is 8.64. The summed E-state index contributed by atoms with van der Waals surface area (Å²) in [6, 6.07) is 3.46. The standard InChI is InChI=1S/C18H26F2N2O2/c1-2-3-8-21-18(24)13-6-9-22(10-7-13)12-17(23)14-4-5-15(19)16(20)11-14/h4-5,11,13,17,23H,2-3,6-10,12H2,1H3,(H,21,24). The number of carbonyl (C=O) groups is 1. The number of aliphatic hydroxyl groups is 1. The van der Waals surface area contributed by atoms with Gasteiger partial charge in [-0.25, -0.2) is 8.78 Å². The fourth-order valence-electron chi connectivity index (χ4n) is 2.98. The number of amides is 1. The van der Waals surface area contributed by atoms with E-state index >= 15 is 0 Å². The zero-order valence-electron chi connectivity index (χ0n) is 14.1. The average molecular weight is 340 g/mol. The maximum atomic E-state index is 13.2. The maximum Gasteiger partial charge on any atom is 0.223 e. The fourth-order valence-corrected chi connectivity index (χ4v) is 2.98. The molecule has 0 aliphatic carbocycles. The minimum Gasteiger partial charge on any atom is -0.387 e. The van der Waals surface area contributed by atoms with Crippen LogP contribution in [0.25, 0.3) is 0 Å². The molecule has 0 bridgehead atoms. The number of rotatable bonds is 7. The van der Waals surface area contributed by atoms with Gasteiger partial charge in [-0.1, -0.05) is 19.4 Å². The SMILES string of the molecule is CCCCNC(=O)C1CCN(CC(O)c2ccc(F)c(F)c2)CC1. The van der Waals surface area contributed by atoms with Gasteiger partial charge >= 0.3 is 0 Å². The Hall–Kier alpha value is -1.53. The highest BCUT2D eigenvalue weighted by Gasteiger charge is 2.26. The van der Waals surface area contributed by atoms with Gasteiger partial charge in [0.05, 0.1) is 6.10 Å². The topological polar surface area (TPSA) is 52.6 Å². The second kappa shape index (κ2) is 9.08. The quantitative estimate of drug-likeness (QED) is 0.750. The highest BCUT2D eigenvalue weighted by atomic mass is 19.2. The van der Waals surface area contributed by atoms with Gasteiger partial charge < -0.3 is 15.3 Å². The Bertz CT molecular complexity index is 546. The molecular formula is C18H26F2N2O2. The van der Waals surface area contributed by atoms with Crippen LogP contribution in [0.3, 0.4) is 0 Å². The molecule has 1 aromatic rings. The zero-order chi connectivity index (χ0) is 17.5. The molecule has 0 radical (unpaired) electrons. The lowest BCUT2D eigenvalue weighted by molar-refractivity contribution is -0.126. The largest absolute Gasteiger partial charge is 0.387 e. The van der Waals surface area contributed by atoms with Gasteiger partial charge in [-0.15, -0.1) is 0 Å². The van der Waals surface area contributed by atoms with Crippen molar-refractivity contribution in [3.05, 3.63) is 35.4 Å². The van der Waals surface area contributed by atoms with Crippen molar-refractivity contribution in [2.24, 2.45) is 5.92 Å². The van der Waals surface area contributed by atoms with E-state index in [9.17, 15) is 18.7 Å². The Labute approximate surface area is 141 Å². The molecule has 1 aromatic carbocycles. The van der Waals surface area contributed by atoms with Crippen LogP contribution in [0.15, 0.2) is 18.2 Å². The molecule has 6 heteroatoms. The molecule has 4 nitrogen and oxygen atoms in total. The third-order valence-electron chi connectivity index (χ3n) is 4.55. The molecule has 1 fully saturated rings. The first-order valence-corrected chi connectivity index (χ1v) is 8.64. The van der Waals surface area contributed by atoms with Gasteiger partial charge in [0.25, 0.3) is 0 Å². The van der Waals surface area contributed by atoms with Crippen LogP contribution in [-0.4, -0.2) is 42.1 Å². The summed E-state index contributed by atoms with van der Waals surface area (Å²) in [5.74, 6) is -1.72. The first-order chi connectivity index (χ1) is 11.5. The number of halogens is 2. The van der Waals surface area contributed by atoms with E-state index in [2.05, 4.69) is 17.1 Å². The lowest BCUT2D eigenvalue weighted by Gasteiger charge is -2.32. The van der Waals surface area contributed by atoms with Crippen LogP contribution in [0, 0.1) is 17.6 Å². The number of benzene rings is 1. The average Bonchev–Trinajstić information content (AvgIpc) is 2.58. The zero-order valence-corrected chi connectivity index (χ0v) is 14.1. The smallest absolute Gasteiger partial charge is 0.223 e. The summed E-state index contributed by atoms with van der Waals surface area (Å²) < 4.78 is 26.2. The van der Waals surface area contributed by atoms with Crippen molar-refractivity contribution in [2.45, 2.75) is 38.7 Å². The molecule has 0 saturated carbocycles. The number of aliphatic hydroxyl groups excluding tert-OH is 1. The molecule has 0 spiro atoms. The molecule has 1 amide bonds. The minimum absolute atomic E-state index is 0.0264. The van der Waals surface area contributed by atoms with Crippen LogP contribution >= 0.6 is 0 Å². The highest BCUT2D eigenvalue weighted by Crippen LogP contribution is 2.22. The van der Waals surface area contributed by atoms with Gasteiger partial charge in [0.2, 0.25) is 5.91 Å². The Morgan fingerprint density at radius 1 is 1.33 bits per heavy atom. The first kappa shape index (κ1) is 18.8. The third kappa shape index (κ3) is 5.24. The lowest BCUT2D eigenvalue weighted by atomic mass is 9.95. The number of hydrogen-bond donors (Lipinski definition) is 2. The van der Waals surface area contributed by atoms with Crippen LogP contribution in [0.1, 0.15) is 44.3 Å². The van der Waals surface area contributed by atoms with Crippen LogP contribution in [0.2, 0.25) is 0 Å². The highest BCUT2D eigenvalue weighted by molar-refractivity contribution is 5.78. The number of hydrogen-bond acceptors (Lipinski definition) is 3. The van der Waals surface area contributed by atoms with Crippen molar-refractivity contribution in [1.29, 1.82) is 0 Å². The predicted molar refractivity (Wildman–Crippen MR) is 88.4 cm³/mol. The van der Waals surface area contributed by atoms with E-state index in [1.807, 2.05) is 0 Å². The number of nitrogens with zero attached hydrogens (tertiary/aromatic N) is 1. The van der Waals surface area contributed by atoms with Crippen molar-refractivity contribution >= 4 is 5.91 Å². The number of piperidine rings is 1. The van der Waals surface area contributed by atoms with Gasteiger partial charge in [-0.05, 0) is 50.0 Å². The molecule has 2 rings (SSSR count). The third-order valence-corrected chi connectivity index (χ3v) is 4.55. The van der Waals surface area contributed by atoms with E-state index in [0.29, 0.717) is 25.2 Å². The van der Waals surface area contributed by atoms with E-state index in [1.54, 1.807) is 0 Å². The molecule has 1 aliphatic heterocycles. The summed E-state index contributed by atoms with van der Waals surface area (Å²) >= 11 is 0. The van der Waals surface area contributed by atoms with Crippen molar-refractivity contribution in [1.82, 2.24) is 10.2 Å². The molecule has 134 valence electrons. The predicted octanol–water partition coefficient (Wildman–Crippen LogP) is 2.63. The summed E-state index contributed by atoms with van der Waals surface area (Å²) in [7, 11) is 0. The van der Waals surface area contributed by atoms with Crippen molar-refractivity contribution in [2.75, 3.05) is 26.2 Å². The Balaban J connectivity index is 1.78. The lowest BCUT2D eigenvalue weighted by Crippen LogP contribution is -2.42. The van der Waals surface area contributed by atoms with Crippen LogP contribution < -0.4 is 5.32 Å². The number of likely N-dealkylation sites (tertiary alicyclic amines) is 1. The Kier molecular flexibility index (Phi) is 7.12. The van der Waals surface area contributed by atoms with Gasteiger partial charge in [-0.3, -0.25) is 4.79 Å². The monoisotopic (exact) mass is 340 g/mol. The molecule has 2 N–H and O–H groups in total. The summed E-state index contributed by atoms with van der Waals surface area (Å²) in [5, 5.41) is 13.2. The molecule has 0 aromatic heterocycles. The summed E-state index contributed by atoms with van der Waals surface area (Å²) in [6.07, 6.45) is 2.69. The molecule has 1 saturated heterocycles. The van der Waals surface area contributed by atoms with Crippen LogP contribution in [0.4, 0.5) is 8.78 Å². The molecule has 24 heavy (non-hydrogen) atoms. The number of unbranched alkanes of at least 4 members (excludes halogenated alkanes) is 1. The van der Waals surface area contributed by atoms with Crippen LogP contribution in [-0.2, 0) is 4.79 Å². The van der Waals surface area contributed by atoms with Gasteiger partial charge in [0, 0.05) is 19.0 Å². The van der Waals surface area contributed by atoms with E-state index < -0.39 is 17.7 Å². The Morgan fingerprint density at radius 2 is 2.04 bits per heavy atom. The van der Waals surface area contributed by atoms with Gasteiger partial charge in [-0.2, -0.15) is 0 Å². The van der Waals surface area contributed by atoms with E-state index in [0.717, 1.165) is 44.4 Å². The van der Waals surface area contributed by atoms with E-state index in [-0.39, 0.29) is 11.8 Å². The number of carbonyl (C=O) groups excluding carboxylic acids is 1. The Morgan fingerprint density at radius 3 is 2.67 bits per heavy atom. The fraction of sp³-hybridized carbons (Fsp3) is 0.611. The molecular weight excluding hydrogens is 314 g/mol. The number of nitrogens with one attached hydrogen (secondary N) is 1. The second-order valence-electron chi connectivity index (χ2n) is 6.41. The number of β-amino-alcohol motifs (C(OH)–C–C–N with tert-alkyl or cyclic N) is 1. The maximum absolute atomic E-state index is 13.2. The van der Waals surface area contributed by atoms with Crippen LogP contribution in [0.5, 0.6) is 0 Å². The van der Waals surface area contributed by atoms with E-state index in [4.69, 9.17) is 0 Å². The second-order valence-corrected chi connectivity index (χ2v) is 6.41. The molecule has 1 heterocycles. The van der Waals surface area contributed by atoms with Crippen molar-refractivity contribution in [3.8, 4) is 0 Å². The normalized spacial score (nSPS) is 17.7. The summed E-state index contributed by atoms with van der Waals surface area (Å²) in [5.41, 5.74) is 0.369. The molecule has 1 atom stereocenters.